The highest BCUT2D eigenvalue weighted by Crippen LogP contribution is 2.43. The van der Waals surface area contributed by atoms with Crippen molar-refractivity contribution in [1.29, 1.82) is 0 Å². The van der Waals surface area contributed by atoms with E-state index in [0.29, 0.717) is 0 Å². The molecule has 0 aliphatic carbocycles. The molecule has 0 N–H and O–H groups in total. The SMILES string of the molecule is c1ccc([Si](c2ccccc2)(c2cccc3c2sc2c(-n4c5ccccc5c5ccccc54)cccc23)c2cccc3c2sc2c(-n4c5ccccc5c5ncccc54)cccc23)cc1. The molecular weight excluding hydrogens is 843 g/mol. The van der Waals surface area contributed by atoms with Crippen molar-refractivity contribution in [3.63, 3.8) is 0 Å². The second kappa shape index (κ2) is 14.2. The average Bonchev–Trinajstić information content (AvgIpc) is 4.14. The van der Waals surface area contributed by atoms with Gasteiger partial charge in [-0.05, 0) is 63.2 Å². The third kappa shape index (κ3) is 5.13. The van der Waals surface area contributed by atoms with Gasteiger partial charge in [-0.1, -0.05) is 176 Å². The average molecular weight is 880 g/mol. The van der Waals surface area contributed by atoms with E-state index in [1.807, 2.05) is 28.9 Å². The van der Waals surface area contributed by atoms with Crippen LogP contribution in [0.3, 0.4) is 0 Å². The van der Waals surface area contributed by atoms with Gasteiger partial charge in [0.2, 0.25) is 0 Å². The largest absolute Gasteiger partial charge is 0.308 e. The number of hydrogen-bond acceptors (Lipinski definition) is 3. The molecule has 0 aliphatic heterocycles. The Kier molecular flexibility index (Phi) is 8.04. The third-order valence-electron chi connectivity index (χ3n) is 13.7. The molecule has 14 rings (SSSR count). The minimum Gasteiger partial charge on any atom is -0.308 e. The summed E-state index contributed by atoms with van der Waals surface area (Å²) in [5.41, 5.74) is 8.17. The fourth-order valence-electron chi connectivity index (χ4n) is 11.1. The maximum absolute atomic E-state index is 4.90. The number of benzene rings is 9. The fraction of sp³-hybridized carbons (Fsp3) is 0. The van der Waals surface area contributed by atoms with Gasteiger partial charge in [0.05, 0.1) is 48.4 Å². The van der Waals surface area contributed by atoms with Gasteiger partial charge in [0.1, 0.15) is 0 Å². The maximum atomic E-state index is 4.90. The molecule has 0 saturated carbocycles. The molecule has 9 aromatic carbocycles. The van der Waals surface area contributed by atoms with E-state index in [9.17, 15) is 0 Å². The second-order valence-electron chi connectivity index (χ2n) is 17.0. The molecule has 0 aliphatic rings. The summed E-state index contributed by atoms with van der Waals surface area (Å²) in [5.74, 6) is 0. The van der Waals surface area contributed by atoms with E-state index in [-0.39, 0.29) is 0 Å². The van der Waals surface area contributed by atoms with Crippen LogP contribution >= 0.6 is 22.7 Å². The molecule has 3 nitrogen and oxygen atoms in total. The van der Waals surface area contributed by atoms with E-state index >= 15 is 0 Å². The number of nitrogens with zero attached hydrogens (tertiary/aromatic N) is 3. The molecular formula is C59H37N3S2Si. The smallest absolute Gasteiger partial charge is 0.182 e. The van der Waals surface area contributed by atoms with Gasteiger partial charge in [-0.15, -0.1) is 22.7 Å². The zero-order valence-corrected chi connectivity index (χ0v) is 37.7. The van der Waals surface area contributed by atoms with Gasteiger partial charge < -0.3 is 9.13 Å². The van der Waals surface area contributed by atoms with E-state index in [2.05, 4.69) is 228 Å². The normalized spacial score (nSPS) is 12.3. The molecule has 0 atom stereocenters. The molecule has 65 heavy (non-hydrogen) atoms. The molecule has 14 aromatic rings. The fourth-order valence-corrected chi connectivity index (χ4v) is 19.7. The van der Waals surface area contributed by atoms with E-state index < -0.39 is 8.07 Å². The summed E-state index contributed by atoms with van der Waals surface area (Å²) in [6.07, 6.45) is 1.91. The van der Waals surface area contributed by atoms with Gasteiger partial charge in [0.25, 0.3) is 0 Å². The van der Waals surface area contributed by atoms with Gasteiger partial charge in [-0.25, -0.2) is 0 Å². The number of fused-ring (bicyclic) bond motifs is 12. The highest BCUT2D eigenvalue weighted by Gasteiger charge is 2.44. The Balaban J connectivity index is 1.10. The number of pyridine rings is 1. The molecule has 5 aromatic heterocycles. The lowest BCUT2D eigenvalue weighted by atomic mass is 10.1. The van der Waals surface area contributed by atoms with Crippen molar-refractivity contribution >= 4 is 136 Å². The molecule has 0 spiro atoms. The summed E-state index contributed by atoms with van der Waals surface area (Å²) < 4.78 is 10.2. The van der Waals surface area contributed by atoms with Crippen LogP contribution in [0.5, 0.6) is 0 Å². The Morgan fingerprint density at radius 1 is 0.308 bits per heavy atom. The van der Waals surface area contributed by atoms with Gasteiger partial charge >= 0.3 is 0 Å². The summed E-state index contributed by atoms with van der Waals surface area (Å²) in [5, 5.41) is 14.5. The summed E-state index contributed by atoms with van der Waals surface area (Å²) in [7, 11) is -3.10. The minimum absolute atomic E-state index is 1.03. The first kappa shape index (κ1) is 36.8. The molecule has 0 saturated heterocycles. The van der Waals surface area contributed by atoms with Gasteiger partial charge in [0.15, 0.2) is 8.07 Å². The molecule has 0 fully saturated rings. The van der Waals surface area contributed by atoms with Crippen LogP contribution in [0.2, 0.25) is 0 Å². The van der Waals surface area contributed by atoms with Crippen LogP contribution in [0.25, 0.3) is 95.5 Å². The van der Waals surface area contributed by atoms with Crippen LogP contribution in [0.15, 0.2) is 225 Å². The number of thiophene rings is 2. The number of hydrogen-bond donors (Lipinski definition) is 0. The highest BCUT2D eigenvalue weighted by atomic mass is 32.1. The quantitative estimate of drug-likeness (QED) is 0.121. The number of aromatic nitrogens is 3. The van der Waals surface area contributed by atoms with Gasteiger partial charge in [0, 0.05) is 53.3 Å². The van der Waals surface area contributed by atoms with Crippen molar-refractivity contribution in [3.05, 3.63) is 225 Å². The second-order valence-corrected chi connectivity index (χ2v) is 22.7. The maximum Gasteiger partial charge on any atom is 0.182 e. The summed E-state index contributed by atoms with van der Waals surface area (Å²) >= 11 is 3.91. The number of rotatable bonds is 6. The zero-order chi connectivity index (χ0) is 42.6. The first-order valence-electron chi connectivity index (χ1n) is 22.1. The van der Waals surface area contributed by atoms with Crippen LogP contribution in [0.1, 0.15) is 0 Å². The predicted octanol–water partition coefficient (Wildman–Crippen LogP) is 13.4. The molecule has 0 unspecified atom stereocenters. The monoisotopic (exact) mass is 879 g/mol. The lowest BCUT2D eigenvalue weighted by molar-refractivity contribution is 1.20. The van der Waals surface area contributed by atoms with Crippen molar-refractivity contribution in [2.24, 2.45) is 0 Å². The lowest BCUT2D eigenvalue weighted by Gasteiger charge is -2.35. The zero-order valence-electron chi connectivity index (χ0n) is 35.0. The Labute approximate surface area is 383 Å². The third-order valence-corrected chi connectivity index (χ3v) is 21.5. The molecule has 304 valence electrons. The molecule has 0 bridgehead atoms. The standard InChI is InChI=1S/C59H37N3S2Si/c1-3-18-38(19-4-1)65(39-20-5-2-6-21-39,53-35-15-27-44-42-25-13-32-51(56(42)63-58(44)53)61-47-29-10-7-22-40(47)41-23-8-11-30-48(41)61)54-36-16-28-45-43-26-14-33-52(57(43)64-59(45)54)62-49-31-12-9-24-46(49)55-50(62)34-17-37-60-55/h1-37H. The van der Waals surface area contributed by atoms with Gasteiger partial charge in [-0.2, -0.15) is 0 Å². The van der Waals surface area contributed by atoms with E-state index in [4.69, 9.17) is 4.98 Å². The summed E-state index contributed by atoms with van der Waals surface area (Å²) in [6.45, 7) is 0. The minimum atomic E-state index is -3.10. The van der Waals surface area contributed by atoms with Crippen molar-refractivity contribution in [1.82, 2.24) is 14.1 Å². The van der Waals surface area contributed by atoms with Crippen molar-refractivity contribution in [3.8, 4) is 11.4 Å². The van der Waals surface area contributed by atoms with Crippen LogP contribution < -0.4 is 20.7 Å². The van der Waals surface area contributed by atoms with Gasteiger partial charge in [-0.3, -0.25) is 4.98 Å². The van der Waals surface area contributed by atoms with Crippen molar-refractivity contribution in [2.45, 2.75) is 0 Å². The van der Waals surface area contributed by atoms with Crippen molar-refractivity contribution in [2.75, 3.05) is 0 Å². The molecule has 6 heteroatoms. The van der Waals surface area contributed by atoms with E-state index in [1.54, 1.807) is 0 Å². The van der Waals surface area contributed by atoms with Crippen LogP contribution in [-0.2, 0) is 0 Å². The van der Waals surface area contributed by atoms with Crippen LogP contribution in [0.4, 0.5) is 0 Å². The van der Waals surface area contributed by atoms with E-state index in [0.717, 1.165) is 11.0 Å². The molecule has 0 amide bonds. The predicted molar refractivity (Wildman–Crippen MR) is 282 cm³/mol. The Morgan fingerprint density at radius 3 is 1.22 bits per heavy atom. The van der Waals surface area contributed by atoms with Crippen LogP contribution in [-0.4, -0.2) is 22.2 Å². The number of para-hydroxylation sites is 3. The molecule has 5 heterocycles. The van der Waals surface area contributed by atoms with E-state index in [1.165, 1.54) is 105 Å². The summed E-state index contributed by atoms with van der Waals surface area (Å²) in [4.78, 5) is 4.90. The van der Waals surface area contributed by atoms with Crippen molar-refractivity contribution < 1.29 is 0 Å². The lowest BCUT2D eigenvalue weighted by Crippen LogP contribution is -2.74. The summed E-state index contributed by atoms with van der Waals surface area (Å²) in [6, 6.07) is 81.6. The first-order valence-corrected chi connectivity index (χ1v) is 25.8. The van der Waals surface area contributed by atoms with Crippen LogP contribution in [0, 0.1) is 0 Å². The first-order chi connectivity index (χ1) is 32.3. The highest BCUT2D eigenvalue weighted by molar-refractivity contribution is 7.34. The Morgan fingerprint density at radius 2 is 0.692 bits per heavy atom. The Bertz CT molecular complexity index is 3820. The Hall–Kier alpha value is -7.61. The topological polar surface area (TPSA) is 22.8 Å². The molecule has 0 radical (unpaired) electrons.